The van der Waals surface area contributed by atoms with Gasteiger partial charge in [-0.15, -0.1) is 0 Å². The largest absolute Gasteiger partial charge is 0.444 e. The number of fused-ring (bicyclic) bond motifs is 1. The Morgan fingerprint density at radius 2 is 2.04 bits per heavy atom. The lowest BCUT2D eigenvalue weighted by Crippen LogP contribution is -2.28. The van der Waals surface area contributed by atoms with Crippen LogP contribution in [0.1, 0.15) is 6.42 Å². The molecule has 1 aliphatic heterocycles. The molecule has 0 spiro atoms. The van der Waals surface area contributed by atoms with Crippen molar-refractivity contribution < 1.29 is 17.9 Å². The fourth-order valence-corrected chi connectivity index (χ4v) is 3.49. The number of carbonyl (C=O) groups is 1. The van der Waals surface area contributed by atoms with Crippen LogP contribution < -0.4 is 10.4 Å². The van der Waals surface area contributed by atoms with Crippen LogP contribution in [-0.2, 0) is 14.8 Å². The molecule has 10 heteroatoms. The Balaban J connectivity index is 1.66. The zero-order valence-corrected chi connectivity index (χ0v) is 13.1. The molecular weight excluding hydrogens is 324 g/mol. The topological polar surface area (TPSA) is 124 Å². The van der Waals surface area contributed by atoms with Gasteiger partial charge in [-0.3, -0.25) is 0 Å². The number of hydrogen-bond acceptors (Lipinski definition) is 5. The lowest BCUT2D eigenvalue weighted by Gasteiger charge is -2.10. The molecule has 1 aliphatic rings. The molecule has 23 heavy (non-hydrogen) atoms. The number of likely N-dealkylation sites (N-methyl/N-ethyl adjacent to an activating group) is 1. The number of ether oxygens (including phenoxy) is 1. The van der Waals surface area contributed by atoms with E-state index >= 15 is 0 Å². The Hall–Kier alpha value is -2.33. The SMILES string of the molecule is CN1CC(CCNS(=O)(=O)c2ccc3[nH]c(=O)[nH]c3c2)OC1=O. The van der Waals surface area contributed by atoms with Gasteiger partial charge >= 0.3 is 11.8 Å². The number of nitrogens with zero attached hydrogens (tertiary/aromatic N) is 1. The Bertz CT molecular complexity index is 900. The summed E-state index contributed by atoms with van der Waals surface area (Å²) in [6.45, 7) is 0.590. The molecule has 1 unspecified atom stereocenters. The fourth-order valence-electron chi connectivity index (χ4n) is 2.42. The van der Waals surface area contributed by atoms with Crippen molar-refractivity contribution in [3.8, 4) is 0 Å². The number of H-pyrrole nitrogens is 2. The van der Waals surface area contributed by atoms with Gasteiger partial charge in [0, 0.05) is 13.6 Å². The van der Waals surface area contributed by atoms with Gasteiger partial charge in [0.25, 0.3) is 0 Å². The van der Waals surface area contributed by atoms with Gasteiger partial charge in [-0.25, -0.2) is 22.7 Å². The highest BCUT2D eigenvalue weighted by atomic mass is 32.2. The van der Waals surface area contributed by atoms with E-state index < -0.39 is 21.8 Å². The number of sulfonamides is 1. The van der Waals surface area contributed by atoms with Crippen molar-refractivity contribution in [3.63, 3.8) is 0 Å². The van der Waals surface area contributed by atoms with Crippen molar-refractivity contribution in [1.82, 2.24) is 19.6 Å². The summed E-state index contributed by atoms with van der Waals surface area (Å²) in [5, 5.41) is 0. The number of amides is 1. The number of nitrogens with one attached hydrogen (secondary N) is 3. The van der Waals surface area contributed by atoms with Crippen molar-refractivity contribution in [2.45, 2.75) is 17.4 Å². The molecule has 1 aromatic heterocycles. The van der Waals surface area contributed by atoms with Gasteiger partial charge in [-0.2, -0.15) is 0 Å². The molecule has 3 N–H and O–H groups in total. The maximum Gasteiger partial charge on any atom is 0.409 e. The van der Waals surface area contributed by atoms with E-state index in [1.54, 1.807) is 7.05 Å². The van der Waals surface area contributed by atoms with Crippen molar-refractivity contribution in [1.29, 1.82) is 0 Å². The van der Waals surface area contributed by atoms with Crippen LogP contribution >= 0.6 is 0 Å². The third-order valence-electron chi connectivity index (χ3n) is 3.61. The minimum absolute atomic E-state index is 0.0563. The molecule has 1 fully saturated rings. The first-order valence-corrected chi connectivity index (χ1v) is 8.47. The number of rotatable bonds is 5. The third-order valence-corrected chi connectivity index (χ3v) is 5.07. The fraction of sp³-hybridized carbons (Fsp3) is 0.385. The second-order valence-corrected chi connectivity index (χ2v) is 7.13. The predicted molar refractivity (Wildman–Crippen MR) is 81.6 cm³/mol. The van der Waals surface area contributed by atoms with Crippen LogP contribution in [0.15, 0.2) is 27.9 Å². The number of imidazole rings is 1. The molecule has 124 valence electrons. The summed E-state index contributed by atoms with van der Waals surface area (Å²) in [6.07, 6.45) is -0.336. The summed E-state index contributed by atoms with van der Waals surface area (Å²) >= 11 is 0. The van der Waals surface area contributed by atoms with Gasteiger partial charge in [-0.1, -0.05) is 0 Å². The number of cyclic esters (lactones) is 1. The van der Waals surface area contributed by atoms with Gasteiger partial charge in [-0.05, 0) is 24.6 Å². The summed E-state index contributed by atoms with van der Waals surface area (Å²) in [4.78, 5) is 29.0. The number of hydrogen-bond donors (Lipinski definition) is 3. The first-order chi connectivity index (χ1) is 10.8. The second kappa shape index (κ2) is 5.70. The van der Waals surface area contributed by atoms with Crippen molar-refractivity contribution in [2.75, 3.05) is 20.1 Å². The number of aromatic nitrogens is 2. The molecule has 0 radical (unpaired) electrons. The molecule has 9 nitrogen and oxygen atoms in total. The van der Waals surface area contributed by atoms with Crippen LogP contribution in [0, 0.1) is 0 Å². The number of benzene rings is 1. The zero-order chi connectivity index (χ0) is 16.6. The van der Waals surface area contributed by atoms with E-state index in [9.17, 15) is 18.0 Å². The molecule has 3 rings (SSSR count). The standard InChI is InChI=1S/C13H16N4O5S/c1-17-7-8(22-13(17)19)4-5-14-23(20,21)9-2-3-10-11(6-9)16-12(18)15-10/h2-3,6,8,14H,4-5,7H2,1H3,(H2,15,16,18). The lowest BCUT2D eigenvalue weighted by atomic mass is 10.2. The Labute approximate surface area is 131 Å². The van der Waals surface area contributed by atoms with E-state index in [1.807, 2.05) is 0 Å². The normalized spacial score (nSPS) is 18.6. The average Bonchev–Trinajstić information content (AvgIpc) is 2.99. The quantitative estimate of drug-likeness (QED) is 0.705. The molecule has 0 aliphatic carbocycles. The van der Waals surface area contributed by atoms with E-state index in [-0.39, 0.29) is 17.5 Å². The molecule has 1 aromatic carbocycles. The lowest BCUT2D eigenvalue weighted by molar-refractivity contribution is 0.131. The molecule has 2 aromatic rings. The van der Waals surface area contributed by atoms with Crippen molar-refractivity contribution in [2.24, 2.45) is 0 Å². The summed E-state index contributed by atoms with van der Waals surface area (Å²) in [5.41, 5.74) is 0.564. The smallest absolute Gasteiger partial charge is 0.409 e. The molecule has 1 saturated heterocycles. The zero-order valence-electron chi connectivity index (χ0n) is 12.3. The molecule has 1 amide bonds. The van der Waals surface area contributed by atoms with Crippen LogP contribution in [0.4, 0.5) is 4.79 Å². The van der Waals surface area contributed by atoms with Gasteiger partial charge in [0.15, 0.2) is 0 Å². The first-order valence-electron chi connectivity index (χ1n) is 6.98. The maximum atomic E-state index is 12.3. The second-order valence-electron chi connectivity index (χ2n) is 5.36. The van der Waals surface area contributed by atoms with Crippen LogP contribution in [0.3, 0.4) is 0 Å². The van der Waals surface area contributed by atoms with Crippen molar-refractivity contribution >= 4 is 27.1 Å². The van der Waals surface area contributed by atoms with Crippen LogP contribution in [-0.4, -0.2) is 55.6 Å². The highest BCUT2D eigenvalue weighted by Gasteiger charge is 2.28. The van der Waals surface area contributed by atoms with E-state index in [0.29, 0.717) is 24.0 Å². The highest BCUT2D eigenvalue weighted by Crippen LogP contribution is 2.16. The summed E-state index contributed by atoms with van der Waals surface area (Å²) in [6, 6.07) is 4.33. The van der Waals surface area contributed by atoms with E-state index in [2.05, 4.69) is 14.7 Å². The monoisotopic (exact) mass is 340 g/mol. The average molecular weight is 340 g/mol. The van der Waals surface area contributed by atoms with Gasteiger partial charge < -0.3 is 19.6 Å². The van der Waals surface area contributed by atoms with Crippen LogP contribution in [0.25, 0.3) is 11.0 Å². The number of carbonyl (C=O) groups excluding carboxylic acids is 1. The van der Waals surface area contributed by atoms with Crippen LogP contribution in [0.5, 0.6) is 0 Å². The summed E-state index contributed by atoms with van der Waals surface area (Å²) in [7, 11) is -2.08. The van der Waals surface area contributed by atoms with E-state index in [4.69, 9.17) is 4.74 Å². The van der Waals surface area contributed by atoms with E-state index in [1.165, 1.54) is 23.1 Å². The van der Waals surface area contributed by atoms with Gasteiger partial charge in [0.1, 0.15) is 6.10 Å². The molecule has 1 atom stereocenters. The number of aromatic amines is 2. The molecular formula is C13H16N4O5S. The molecule has 0 bridgehead atoms. The van der Waals surface area contributed by atoms with Crippen LogP contribution in [0.2, 0.25) is 0 Å². The van der Waals surface area contributed by atoms with Gasteiger partial charge in [0.05, 0.1) is 22.5 Å². The Morgan fingerprint density at radius 1 is 1.30 bits per heavy atom. The first kappa shape index (κ1) is 15.6. The maximum absolute atomic E-state index is 12.3. The van der Waals surface area contributed by atoms with Crippen molar-refractivity contribution in [3.05, 3.63) is 28.7 Å². The minimum Gasteiger partial charge on any atom is -0.444 e. The highest BCUT2D eigenvalue weighted by molar-refractivity contribution is 7.89. The third kappa shape index (κ3) is 3.22. The molecule has 2 heterocycles. The minimum atomic E-state index is -3.70. The van der Waals surface area contributed by atoms with E-state index in [0.717, 1.165) is 0 Å². The Kier molecular flexibility index (Phi) is 3.86. The predicted octanol–water partition coefficient (Wildman–Crippen LogP) is -0.0248. The summed E-state index contributed by atoms with van der Waals surface area (Å²) in [5.74, 6) is 0. The Morgan fingerprint density at radius 3 is 2.74 bits per heavy atom. The summed E-state index contributed by atoms with van der Waals surface area (Å²) < 4.78 is 32.0. The van der Waals surface area contributed by atoms with Gasteiger partial charge in [0.2, 0.25) is 10.0 Å². The molecule has 0 saturated carbocycles.